The molecule has 0 aromatic heterocycles. The van der Waals surface area contributed by atoms with Crippen molar-refractivity contribution in [3.8, 4) is 0 Å². The van der Waals surface area contributed by atoms with Crippen molar-refractivity contribution in [1.29, 1.82) is 0 Å². The third kappa shape index (κ3) is 3.74. The summed E-state index contributed by atoms with van der Waals surface area (Å²) < 4.78 is 37.2. The molecule has 1 aromatic rings. The molecule has 0 aliphatic carbocycles. The monoisotopic (exact) mass is 246 g/mol. The van der Waals surface area contributed by atoms with E-state index in [4.69, 9.17) is 5.73 Å². The largest absolute Gasteiger partial charge is 0.416 e. The molecule has 1 aromatic carbocycles. The molecular weight excluding hydrogens is 233 g/mol. The highest BCUT2D eigenvalue weighted by atomic mass is 19.4. The summed E-state index contributed by atoms with van der Waals surface area (Å²) in [5.41, 5.74) is 3.63. The molecule has 0 unspecified atom stereocenters. The molecule has 3 nitrogen and oxygen atoms in total. The van der Waals surface area contributed by atoms with Gasteiger partial charge in [0.15, 0.2) is 0 Å². The number of carbonyl (C=O) groups is 1. The van der Waals surface area contributed by atoms with Gasteiger partial charge in [-0.25, -0.2) is 0 Å². The van der Waals surface area contributed by atoms with Crippen molar-refractivity contribution in [2.45, 2.75) is 25.6 Å². The Hall–Kier alpha value is -1.56. The number of amides is 1. The minimum absolute atomic E-state index is 0.0725. The van der Waals surface area contributed by atoms with Gasteiger partial charge in [0, 0.05) is 5.69 Å². The maximum atomic E-state index is 12.4. The molecule has 0 saturated heterocycles. The lowest BCUT2D eigenvalue weighted by molar-refractivity contribution is -0.137. The van der Waals surface area contributed by atoms with Crippen molar-refractivity contribution in [2.24, 2.45) is 5.73 Å². The molecule has 3 N–H and O–H groups in total. The Bertz CT molecular complexity index is 421. The van der Waals surface area contributed by atoms with Crippen LogP contribution < -0.4 is 11.1 Å². The van der Waals surface area contributed by atoms with E-state index in [1.54, 1.807) is 0 Å². The summed E-state index contributed by atoms with van der Waals surface area (Å²) in [5, 5.41) is 2.33. The average molecular weight is 246 g/mol. The van der Waals surface area contributed by atoms with E-state index >= 15 is 0 Å². The van der Waals surface area contributed by atoms with Gasteiger partial charge in [-0.15, -0.1) is 0 Å². The second-order valence-electron chi connectivity index (χ2n) is 4.25. The molecule has 0 atom stereocenters. The van der Waals surface area contributed by atoms with Gasteiger partial charge in [0.25, 0.3) is 0 Å². The van der Waals surface area contributed by atoms with Gasteiger partial charge in [-0.05, 0) is 32.0 Å². The van der Waals surface area contributed by atoms with E-state index in [-0.39, 0.29) is 5.69 Å². The summed E-state index contributed by atoms with van der Waals surface area (Å²) in [6.07, 6.45) is -4.43. The summed E-state index contributed by atoms with van der Waals surface area (Å²) >= 11 is 0. The second kappa shape index (κ2) is 4.37. The molecule has 0 radical (unpaired) electrons. The van der Waals surface area contributed by atoms with Gasteiger partial charge in [0.05, 0.1) is 11.1 Å². The summed E-state index contributed by atoms with van der Waals surface area (Å²) in [6.45, 7) is 2.94. The van der Waals surface area contributed by atoms with Gasteiger partial charge < -0.3 is 11.1 Å². The van der Waals surface area contributed by atoms with Crippen LogP contribution >= 0.6 is 0 Å². The fourth-order valence-electron chi connectivity index (χ4n) is 1.07. The number of anilines is 1. The van der Waals surface area contributed by atoms with Crippen LogP contribution in [0.1, 0.15) is 19.4 Å². The Labute approximate surface area is 96.8 Å². The van der Waals surface area contributed by atoms with Crippen LogP contribution in [0.15, 0.2) is 24.3 Å². The van der Waals surface area contributed by atoms with Crippen molar-refractivity contribution in [3.05, 3.63) is 29.8 Å². The predicted molar refractivity (Wildman–Crippen MR) is 58.3 cm³/mol. The number of rotatable bonds is 2. The molecule has 1 amide bonds. The van der Waals surface area contributed by atoms with Gasteiger partial charge >= 0.3 is 6.18 Å². The quantitative estimate of drug-likeness (QED) is 0.841. The zero-order chi connectivity index (χ0) is 13.3. The van der Waals surface area contributed by atoms with Crippen LogP contribution in [0.5, 0.6) is 0 Å². The zero-order valence-electron chi connectivity index (χ0n) is 9.43. The Morgan fingerprint density at radius 2 is 1.88 bits per heavy atom. The first kappa shape index (κ1) is 13.5. The van der Waals surface area contributed by atoms with Crippen molar-refractivity contribution in [2.75, 3.05) is 5.32 Å². The van der Waals surface area contributed by atoms with E-state index in [1.807, 2.05) is 0 Å². The lowest BCUT2D eigenvalue weighted by Crippen LogP contribution is -2.45. The van der Waals surface area contributed by atoms with Crippen LogP contribution in [0.25, 0.3) is 0 Å². The summed E-state index contributed by atoms with van der Waals surface area (Å²) in [5.74, 6) is -0.545. The molecule has 17 heavy (non-hydrogen) atoms. The molecule has 0 aliphatic heterocycles. The first-order chi connectivity index (χ1) is 7.60. The molecule has 94 valence electrons. The summed E-state index contributed by atoms with van der Waals surface area (Å²) in [6, 6.07) is 4.40. The maximum Gasteiger partial charge on any atom is 0.416 e. The Morgan fingerprint density at radius 3 is 2.35 bits per heavy atom. The van der Waals surface area contributed by atoms with Crippen LogP contribution in [0, 0.1) is 0 Å². The number of halogens is 3. The number of carbonyl (C=O) groups excluding carboxylic acids is 1. The van der Waals surface area contributed by atoms with Gasteiger partial charge in [-0.1, -0.05) is 6.07 Å². The van der Waals surface area contributed by atoms with E-state index in [1.165, 1.54) is 26.0 Å². The molecular formula is C11H13F3N2O. The molecule has 6 heteroatoms. The average Bonchev–Trinajstić information content (AvgIpc) is 2.15. The number of nitrogens with two attached hydrogens (primary N) is 1. The molecule has 0 spiro atoms. The number of hydrogen-bond donors (Lipinski definition) is 2. The highest BCUT2D eigenvalue weighted by Crippen LogP contribution is 2.30. The minimum atomic E-state index is -4.43. The SMILES string of the molecule is CC(C)(N)C(=O)Nc1cccc(C(F)(F)F)c1. The van der Waals surface area contributed by atoms with E-state index < -0.39 is 23.2 Å². The van der Waals surface area contributed by atoms with E-state index in [9.17, 15) is 18.0 Å². The highest BCUT2D eigenvalue weighted by Gasteiger charge is 2.30. The lowest BCUT2D eigenvalue weighted by atomic mass is 10.1. The number of benzene rings is 1. The van der Waals surface area contributed by atoms with Crippen molar-refractivity contribution in [3.63, 3.8) is 0 Å². The van der Waals surface area contributed by atoms with Crippen LogP contribution in [0.2, 0.25) is 0 Å². The zero-order valence-corrected chi connectivity index (χ0v) is 9.43. The third-order valence-corrected chi connectivity index (χ3v) is 2.03. The second-order valence-corrected chi connectivity index (χ2v) is 4.25. The molecule has 1 rings (SSSR count). The molecule has 0 bridgehead atoms. The van der Waals surface area contributed by atoms with Crippen molar-refractivity contribution >= 4 is 11.6 Å². The summed E-state index contributed by atoms with van der Waals surface area (Å²) in [7, 11) is 0. The Kier molecular flexibility index (Phi) is 3.47. The molecule has 0 saturated carbocycles. The molecule has 0 heterocycles. The lowest BCUT2D eigenvalue weighted by Gasteiger charge is -2.18. The van der Waals surface area contributed by atoms with Crippen LogP contribution in [0.4, 0.5) is 18.9 Å². The molecule has 0 aliphatic rings. The summed E-state index contributed by atoms with van der Waals surface area (Å²) in [4.78, 5) is 11.5. The topological polar surface area (TPSA) is 55.1 Å². The smallest absolute Gasteiger partial charge is 0.324 e. The minimum Gasteiger partial charge on any atom is -0.324 e. The van der Waals surface area contributed by atoms with Crippen molar-refractivity contribution < 1.29 is 18.0 Å². The predicted octanol–water partition coefficient (Wildman–Crippen LogP) is 2.38. The highest BCUT2D eigenvalue weighted by molar-refractivity contribution is 5.97. The fraction of sp³-hybridized carbons (Fsp3) is 0.364. The van der Waals surface area contributed by atoms with Gasteiger partial charge in [-0.2, -0.15) is 13.2 Å². The third-order valence-electron chi connectivity index (χ3n) is 2.03. The number of alkyl halides is 3. The van der Waals surface area contributed by atoms with Crippen LogP contribution in [-0.2, 0) is 11.0 Å². The van der Waals surface area contributed by atoms with Gasteiger partial charge in [0.2, 0.25) is 5.91 Å². The van der Waals surface area contributed by atoms with Crippen molar-refractivity contribution in [1.82, 2.24) is 0 Å². The van der Waals surface area contributed by atoms with Gasteiger partial charge in [0.1, 0.15) is 0 Å². The van der Waals surface area contributed by atoms with Crippen LogP contribution in [0.3, 0.4) is 0 Å². The first-order valence-corrected chi connectivity index (χ1v) is 4.88. The molecule has 0 fully saturated rings. The van der Waals surface area contributed by atoms with Crippen LogP contribution in [-0.4, -0.2) is 11.4 Å². The number of hydrogen-bond acceptors (Lipinski definition) is 2. The number of nitrogens with one attached hydrogen (secondary N) is 1. The normalized spacial score (nSPS) is 12.4. The first-order valence-electron chi connectivity index (χ1n) is 4.88. The van der Waals surface area contributed by atoms with E-state index in [2.05, 4.69) is 5.32 Å². The fourth-order valence-corrected chi connectivity index (χ4v) is 1.07. The van der Waals surface area contributed by atoms with Gasteiger partial charge in [-0.3, -0.25) is 4.79 Å². The standard InChI is InChI=1S/C11H13F3N2O/c1-10(2,15)9(17)16-8-5-3-4-7(6-8)11(12,13)14/h3-6H,15H2,1-2H3,(H,16,17). The van der Waals surface area contributed by atoms with E-state index in [0.29, 0.717) is 0 Å². The Morgan fingerprint density at radius 1 is 1.29 bits per heavy atom. The Balaban J connectivity index is 2.91. The maximum absolute atomic E-state index is 12.4. The van der Waals surface area contributed by atoms with E-state index in [0.717, 1.165) is 12.1 Å².